The van der Waals surface area contributed by atoms with Gasteiger partial charge in [0, 0.05) is 35.9 Å². The summed E-state index contributed by atoms with van der Waals surface area (Å²) in [4.78, 5) is 38.1. The number of amides is 1. The van der Waals surface area contributed by atoms with Crippen LogP contribution in [0.5, 0.6) is 28.7 Å². The first-order chi connectivity index (χ1) is 37.9. The number of rotatable bonds is 22. The fourth-order valence-electron chi connectivity index (χ4n) is 8.71. The Balaban J connectivity index is 1.08. The number of methoxy groups -OCH3 is 2. The third kappa shape index (κ3) is 12.0. The summed E-state index contributed by atoms with van der Waals surface area (Å²) in [6, 6.07) is 54.7. The van der Waals surface area contributed by atoms with Crippen LogP contribution in [0.1, 0.15) is 39.7 Å². The van der Waals surface area contributed by atoms with Crippen molar-refractivity contribution in [1.82, 2.24) is 19.5 Å². The number of nitrogens with zero attached hydrogens (tertiary/aromatic N) is 5. The standard InChI is InChI=1S/C56H48N6O13P2S/c1-67-44-29-23-41(24-30-44)56(40-17-9-4-10-18-40,42-25-31-45(68-2)32-26-42)69-36-50-49(35-51(70-50)61-38-59-52-53(57-37-58-54(52)61)60-55(63)39-15-7-3-8-16-39)74-77(78,73-48-33-27-43(28-34-48)62(64)65)75-76(66,71-46-19-11-5-12-20-46)72-47-21-13-6-14-22-47/h3-34,37-38,49-51H,35-36H2,1-2H3,(H,57,58,60,63)/t49-,50+,51+,77?/m0/s1. The van der Waals surface area contributed by atoms with Crippen molar-refractivity contribution in [1.29, 1.82) is 0 Å². The van der Waals surface area contributed by atoms with E-state index < -0.39 is 49.4 Å². The van der Waals surface area contributed by atoms with Crippen molar-refractivity contribution in [3.63, 3.8) is 0 Å². The molecule has 4 atom stereocenters. The van der Waals surface area contributed by atoms with E-state index in [0.29, 0.717) is 22.7 Å². The van der Waals surface area contributed by atoms with E-state index in [1.54, 1.807) is 110 Å². The molecule has 0 bridgehead atoms. The van der Waals surface area contributed by atoms with E-state index in [-0.39, 0.29) is 47.3 Å². The molecule has 1 N–H and O–H groups in total. The molecular weight excluding hydrogens is 1060 g/mol. The second-order valence-corrected chi connectivity index (χ2v) is 21.9. The number of nitro benzene ring substituents is 1. The number of carbonyl (C=O) groups is 1. The van der Waals surface area contributed by atoms with E-state index in [2.05, 4.69) is 20.3 Å². The zero-order chi connectivity index (χ0) is 54.1. The van der Waals surface area contributed by atoms with Crippen LogP contribution in [0.25, 0.3) is 11.2 Å². The molecule has 9 aromatic rings. The number of aromatic nitrogens is 4. The summed E-state index contributed by atoms with van der Waals surface area (Å²) in [5.41, 5.74) is 1.58. The smallest absolute Gasteiger partial charge is 0.497 e. The number of ether oxygens (including phenoxy) is 4. The van der Waals surface area contributed by atoms with Gasteiger partial charge in [0.05, 0.1) is 32.1 Å². The Kier molecular flexibility index (Phi) is 16.0. The number of hydrogen-bond acceptors (Lipinski definition) is 17. The molecule has 19 nitrogen and oxygen atoms in total. The molecule has 1 aliphatic heterocycles. The number of anilines is 1. The number of para-hydroxylation sites is 2. The lowest BCUT2D eigenvalue weighted by molar-refractivity contribution is -0.384. The first-order valence-electron chi connectivity index (χ1n) is 24.1. The molecule has 0 aliphatic carbocycles. The maximum atomic E-state index is 15.3. The number of hydrogen-bond donors (Lipinski definition) is 1. The van der Waals surface area contributed by atoms with Crippen molar-refractivity contribution in [2.75, 3.05) is 26.1 Å². The van der Waals surface area contributed by atoms with Crippen LogP contribution in [0.3, 0.4) is 0 Å². The second kappa shape index (κ2) is 23.5. The minimum Gasteiger partial charge on any atom is -0.497 e. The Hall–Kier alpha value is -8.32. The molecule has 1 saturated heterocycles. The zero-order valence-electron chi connectivity index (χ0n) is 41.6. The SMILES string of the molecule is COc1ccc(C(OC[C@H]2O[C@@H](n3cnc4c(NC(=O)c5ccccc5)ncnc43)C[C@@H]2OP(=S)(Oc2ccc([N+](=O)[O-])cc2)OP(=O)(Oc2ccccc2)Oc2ccccc2)(c2ccccc2)c2ccc(OC)cc2)cc1. The Morgan fingerprint density at radius 2 is 1.21 bits per heavy atom. The van der Waals surface area contributed by atoms with Gasteiger partial charge >= 0.3 is 14.5 Å². The molecule has 1 fully saturated rings. The van der Waals surface area contributed by atoms with Gasteiger partial charge in [0.1, 0.15) is 59.1 Å². The summed E-state index contributed by atoms with van der Waals surface area (Å²) in [7, 11) is -1.74. The van der Waals surface area contributed by atoms with Gasteiger partial charge in [-0.25, -0.2) is 19.5 Å². The molecule has 1 aliphatic rings. The molecule has 78 heavy (non-hydrogen) atoms. The lowest BCUT2D eigenvalue weighted by Gasteiger charge is -2.37. The first-order valence-corrected chi connectivity index (χ1v) is 28.2. The molecule has 3 heterocycles. The Labute approximate surface area is 452 Å². The summed E-state index contributed by atoms with van der Waals surface area (Å²) in [6.07, 6.45) is -0.371. The van der Waals surface area contributed by atoms with Crippen LogP contribution < -0.4 is 28.4 Å². The zero-order valence-corrected chi connectivity index (χ0v) is 44.2. The summed E-state index contributed by atoms with van der Waals surface area (Å²) in [5, 5.41) is 14.6. The molecular formula is C56H48N6O13P2S. The third-order valence-electron chi connectivity index (χ3n) is 12.4. The summed E-state index contributed by atoms with van der Waals surface area (Å²) >= 11 is 6.26. The van der Waals surface area contributed by atoms with Gasteiger partial charge in [-0.05, 0) is 89.5 Å². The number of fused-ring (bicyclic) bond motifs is 1. The third-order valence-corrected chi connectivity index (χ3v) is 16.9. The van der Waals surface area contributed by atoms with Crippen LogP contribution in [-0.4, -0.2) is 63.4 Å². The van der Waals surface area contributed by atoms with Crippen LogP contribution in [0.4, 0.5) is 11.5 Å². The van der Waals surface area contributed by atoms with E-state index in [1.165, 1.54) is 36.9 Å². The summed E-state index contributed by atoms with van der Waals surface area (Å²) in [5.74, 6) is 1.16. The maximum absolute atomic E-state index is 15.3. The highest BCUT2D eigenvalue weighted by atomic mass is 32.5. The molecule has 1 amide bonds. The highest BCUT2D eigenvalue weighted by Crippen LogP contribution is 2.66. The van der Waals surface area contributed by atoms with E-state index in [0.717, 1.165) is 16.7 Å². The molecule has 0 saturated carbocycles. The van der Waals surface area contributed by atoms with Gasteiger partial charge in [-0.15, -0.1) is 0 Å². The monoisotopic (exact) mass is 1110 g/mol. The predicted molar refractivity (Wildman–Crippen MR) is 292 cm³/mol. The van der Waals surface area contributed by atoms with Crippen LogP contribution in [0.2, 0.25) is 0 Å². The number of carbonyl (C=O) groups excluding carboxylic acids is 1. The van der Waals surface area contributed by atoms with Crippen molar-refractivity contribution >= 4 is 54.9 Å². The van der Waals surface area contributed by atoms with Crippen molar-refractivity contribution in [2.24, 2.45) is 0 Å². The number of phosphoric ester groups is 1. The topological polar surface area (TPSA) is 216 Å². The van der Waals surface area contributed by atoms with Crippen molar-refractivity contribution in [3.8, 4) is 28.7 Å². The number of non-ortho nitro benzene ring substituents is 1. The number of imidazole rings is 1. The molecule has 0 spiro atoms. The van der Waals surface area contributed by atoms with Gasteiger partial charge in [-0.2, -0.15) is 4.31 Å². The molecule has 2 aromatic heterocycles. The number of benzene rings is 7. The minimum atomic E-state index is -4.91. The fourth-order valence-corrected chi connectivity index (χ4v) is 13.3. The van der Waals surface area contributed by atoms with Crippen LogP contribution in [-0.2, 0) is 40.3 Å². The maximum Gasteiger partial charge on any atom is 0.595 e. The van der Waals surface area contributed by atoms with E-state index in [9.17, 15) is 14.9 Å². The fraction of sp³-hybridized carbons (Fsp3) is 0.143. The van der Waals surface area contributed by atoms with Crippen LogP contribution >= 0.6 is 14.5 Å². The molecule has 22 heteroatoms. The molecule has 396 valence electrons. The average molecular weight is 1110 g/mol. The van der Waals surface area contributed by atoms with E-state index >= 15 is 4.57 Å². The lowest BCUT2D eigenvalue weighted by Crippen LogP contribution is -2.38. The lowest BCUT2D eigenvalue weighted by atomic mass is 9.80. The number of nitro groups is 1. The Bertz CT molecular complexity index is 3500. The molecule has 0 radical (unpaired) electrons. The largest absolute Gasteiger partial charge is 0.595 e. The van der Waals surface area contributed by atoms with Crippen molar-refractivity contribution in [3.05, 3.63) is 239 Å². The highest BCUT2D eigenvalue weighted by Gasteiger charge is 2.49. The van der Waals surface area contributed by atoms with E-state index in [1.807, 2.05) is 78.9 Å². The molecule has 10 rings (SSSR count). The van der Waals surface area contributed by atoms with Gasteiger partial charge in [0.15, 0.2) is 17.0 Å². The normalized spacial score (nSPS) is 16.2. The first kappa shape index (κ1) is 53.1. The molecule has 1 unspecified atom stereocenters. The minimum absolute atomic E-state index is 0.0205. The summed E-state index contributed by atoms with van der Waals surface area (Å²) in [6.45, 7) is -4.76. The predicted octanol–water partition coefficient (Wildman–Crippen LogP) is 12.3. The van der Waals surface area contributed by atoms with Gasteiger partial charge in [-0.3, -0.25) is 24.0 Å². The average Bonchev–Trinajstić information content (AvgIpc) is 4.10. The Morgan fingerprint density at radius 3 is 1.76 bits per heavy atom. The van der Waals surface area contributed by atoms with Gasteiger partial charge in [0.2, 0.25) is 0 Å². The van der Waals surface area contributed by atoms with Gasteiger partial charge in [0.25, 0.3) is 11.6 Å². The highest BCUT2D eigenvalue weighted by molar-refractivity contribution is 8.09. The number of nitrogens with one attached hydrogen (secondary N) is 1. The van der Waals surface area contributed by atoms with Crippen molar-refractivity contribution < 1.29 is 55.6 Å². The number of phosphoric acid groups is 1. The van der Waals surface area contributed by atoms with E-state index in [4.69, 9.17) is 53.2 Å². The van der Waals surface area contributed by atoms with Crippen LogP contribution in [0.15, 0.2) is 207 Å². The van der Waals surface area contributed by atoms with Crippen LogP contribution in [0, 0.1) is 10.1 Å². The van der Waals surface area contributed by atoms with Gasteiger partial charge < -0.3 is 37.8 Å². The van der Waals surface area contributed by atoms with Gasteiger partial charge in [-0.1, -0.05) is 109 Å². The quantitative estimate of drug-likeness (QED) is 0.0289. The van der Waals surface area contributed by atoms with Crippen molar-refractivity contribution in [2.45, 2.75) is 30.5 Å². The second-order valence-electron chi connectivity index (χ2n) is 17.3. The molecule has 7 aromatic carbocycles. The summed E-state index contributed by atoms with van der Waals surface area (Å²) < 4.78 is 74.3. The Morgan fingerprint density at radius 1 is 0.692 bits per heavy atom.